The van der Waals surface area contributed by atoms with Crippen LogP contribution in [0.25, 0.3) is 0 Å². The Labute approximate surface area is 168 Å². The minimum atomic E-state index is -0.225. The lowest BCUT2D eigenvalue weighted by atomic mass is 10.1. The van der Waals surface area contributed by atoms with Crippen LogP contribution in [0.4, 0.5) is 4.39 Å². The zero-order valence-corrected chi connectivity index (χ0v) is 16.2. The van der Waals surface area contributed by atoms with E-state index in [2.05, 4.69) is 4.90 Å². The van der Waals surface area contributed by atoms with Crippen LogP contribution in [0, 0.1) is 5.82 Å². The number of nitrogens with zero attached hydrogens (tertiary/aromatic N) is 2. The van der Waals surface area contributed by atoms with Crippen molar-refractivity contribution in [2.75, 3.05) is 39.3 Å². The summed E-state index contributed by atoms with van der Waals surface area (Å²) in [5.41, 5.74) is 1.42. The topological polar surface area (TPSA) is 49.9 Å². The molecule has 2 aromatic rings. The van der Waals surface area contributed by atoms with E-state index in [0.717, 1.165) is 31.6 Å². The van der Waals surface area contributed by atoms with Crippen LogP contribution in [-0.2, 0) is 11.2 Å². The van der Waals surface area contributed by atoms with Crippen LogP contribution in [-0.4, -0.2) is 61.3 Å². The molecule has 28 heavy (non-hydrogen) atoms. The molecule has 0 radical (unpaired) electrons. The number of aldehydes is 1. The number of piperazine rings is 1. The Hall–Kier alpha value is -2.44. The zero-order chi connectivity index (χ0) is 19.9. The summed E-state index contributed by atoms with van der Waals surface area (Å²) in [6.45, 7) is 3.59. The number of halogens is 2. The molecule has 0 aliphatic carbocycles. The maximum absolute atomic E-state index is 13.0. The van der Waals surface area contributed by atoms with E-state index < -0.39 is 0 Å². The third-order valence-corrected chi connectivity index (χ3v) is 5.04. The molecule has 3 rings (SSSR count). The quantitative estimate of drug-likeness (QED) is 0.665. The highest BCUT2D eigenvalue weighted by molar-refractivity contribution is 6.30. The second kappa shape index (κ2) is 9.66. The second-order valence-corrected chi connectivity index (χ2v) is 7.12. The molecule has 148 valence electrons. The Kier molecular flexibility index (Phi) is 7.01. The van der Waals surface area contributed by atoms with E-state index in [1.807, 2.05) is 0 Å². The lowest BCUT2D eigenvalue weighted by molar-refractivity contribution is -0.135. The van der Waals surface area contributed by atoms with Gasteiger partial charge in [0, 0.05) is 37.7 Å². The molecule has 2 aromatic carbocycles. The molecule has 0 aromatic heterocycles. The second-order valence-electron chi connectivity index (χ2n) is 6.69. The Balaban J connectivity index is 1.42. The van der Waals surface area contributed by atoms with Gasteiger partial charge in [0.1, 0.15) is 11.6 Å². The average molecular weight is 405 g/mol. The highest BCUT2D eigenvalue weighted by Gasteiger charge is 2.21. The molecule has 1 aliphatic rings. The lowest BCUT2D eigenvalue weighted by Gasteiger charge is -2.34. The van der Waals surface area contributed by atoms with Crippen molar-refractivity contribution < 1.29 is 18.7 Å². The Morgan fingerprint density at radius 1 is 1.11 bits per heavy atom. The smallest absolute Gasteiger partial charge is 0.260 e. The van der Waals surface area contributed by atoms with Crippen molar-refractivity contribution in [3.8, 4) is 5.75 Å². The number of benzene rings is 2. The largest absolute Gasteiger partial charge is 0.483 e. The highest BCUT2D eigenvalue weighted by atomic mass is 35.5. The van der Waals surface area contributed by atoms with Crippen LogP contribution in [0.5, 0.6) is 5.75 Å². The number of rotatable bonds is 7. The molecular weight excluding hydrogens is 383 g/mol. The van der Waals surface area contributed by atoms with Crippen molar-refractivity contribution in [1.29, 1.82) is 0 Å². The van der Waals surface area contributed by atoms with E-state index in [-0.39, 0.29) is 18.3 Å². The van der Waals surface area contributed by atoms with Gasteiger partial charge in [-0.1, -0.05) is 23.7 Å². The number of carbonyl (C=O) groups is 2. The van der Waals surface area contributed by atoms with Crippen LogP contribution in [0.15, 0.2) is 42.5 Å². The van der Waals surface area contributed by atoms with Crippen LogP contribution in [0.3, 0.4) is 0 Å². The maximum Gasteiger partial charge on any atom is 0.260 e. The minimum Gasteiger partial charge on any atom is -0.483 e. The van der Waals surface area contributed by atoms with Gasteiger partial charge in [0.2, 0.25) is 0 Å². The SMILES string of the molecule is O=Cc1cc(Cl)ccc1OCC(=O)N1CCN(CCc2ccc(F)cc2)CC1. The van der Waals surface area contributed by atoms with Crippen LogP contribution in [0.2, 0.25) is 5.02 Å². The van der Waals surface area contributed by atoms with Gasteiger partial charge < -0.3 is 9.64 Å². The molecular formula is C21H22ClFN2O3. The first-order chi connectivity index (χ1) is 13.5. The van der Waals surface area contributed by atoms with Gasteiger partial charge in [-0.15, -0.1) is 0 Å². The van der Waals surface area contributed by atoms with Gasteiger partial charge in [-0.25, -0.2) is 4.39 Å². The molecule has 0 bridgehead atoms. The number of carbonyl (C=O) groups excluding carboxylic acids is 2. The molecule has 5 nitrogen and oxygen atoms in total. The molecule has 1 fully saturated rings. The van der Waals surface area contributed by atoms with Gasteiger partial charge >= 0.3 is 0 Å². The first-order valence-corrected chi connectivity index (χ1v) is 9.55. The standard InChI is InChI=1S/C21H22ClFN2O3/c22-18-3-6-20(17(13-18)14-26)28-15-21(27)25-11-9-24(10-12-25)8-7-16-1-4-19(23)5-2-16/h1-6,13-14H,7-12,15H2. The van der Waals surface area contributed by atoms with Crippen molar-refractivity contribution >= 4 is 23.8 Å². The van der Waals surface area contributed by atoms with E-state index >= 15 is 0 Å². The summed E-state index contributed by atoms with van der Waals surface area (Å²) < 4.78 is 18.5. The molecule has 1 saturated heterocycles. The van der Waals surface area contributed by atoms with Crippen molar-refractivity contribution in [3.63, 3.8) is 0 Å². The van der Waals surface area contributed by atoms with E-state index in [0.29, 0.717) is 35.7 Å². The molecule has 1 amide bonds. The summed E-state index contributed by atoms with van der Waals surface area (Å²) in [7, 11) is 0. The van der Waals surface area contributed by atoms with Gasteiger partial charge in [0.15, 0.2) is 12.9 Å². The van der Waals surface area contributed by atoms with Crippen LogP contribution < -0.4 is 4.74 Å². The van der Waals surface area contributed by atoms with Gasteiger partial charge in [-0.3, -0.25) is 14.5 Å². The number of hydrogen-bond donors (Lipinski definition) is 0. The Morgan fingerprint density at radius 2 is 1.82 bits per heavy atom. The predicted molar refractivity (Wildman–Crippen MR) is 105 cm³/mol. The van der Waals surface area contributed by atoms with Gasteiger partial charge in [-0.05, 0) is 42.3 Å². The molecule has 1 heterocycles. The molecule has 0 spiro atoms. The summed E-state index contributed by atoms with van der Waals surface area (Å²) in [5.74, 6) is 0.0210. The molecule has 7 heteroatoms. The number of ether oxygens (including phenoxy) is 1. The minimum absolute atomic E-state index is 0.106. The molecule has 0 atom stereocenters. The van der Waals surface area contributed by atoms with Crippen molar-refractivity contribution in [3.05, 3.63) is 64.4 Å². The molecule has 0 N–H and O–H groups in total. The fourth-order valence-corrected chi connectivity index (χ4v) is 3.31. The summed E-state index contributed by atoms with van der Waals surface area (Å²) >= 11 is 5.85. The van der Waals surface area contributed by atoms with Crippen LogP contribution >= 0.6 is 11.6 Å². The third kappa shape index (κ3) is 5.53. The summed E-state index contributed by atoms with van der Waals surface area (Å²) in [6.07, 6.45) is 1.51. The van der Waals surface area contributed by atoms with Crippen molar-refractivity contribution in [2.45, 2.75) is 6.42 Å². The molecule has 0 unspecified atom stereocenters. The Morgan fingerprint density at radius 3 is 2.50 bits per heavy atom. The van der Waals surface area contributed by atoms with Gasteiger partial charge in [0.05, 0.1) is 5.56 Å². The summed E-state index contributed by atoms with van der Waals surface area (Å²) in [5, 5.41) is 0.442. The molecule has 1 aliphatic heterocycles. The molecule has 0 saturated carbocycles. The first-order valence-electron chi connectivity index (χ1n) is 9.17. The van der Waals surface area contributed by atoms with Gasteiger partial charge in [0.25, 0.3) is 5.91 Å². The average Bonchev–Trinajstić information content (AvgIpc) is 2.72. The third-order valence-electron chi connectivity index (χ3n) is 4.80. The normalized spacial score (nSPS) is 14.7. The van der Waals surface area contributed by atoms with Gasteiger partial charge in [-0.2, -0.15) is 0 Å². The summed E-state index contributed by atoms with van der Waals surface area (Å²) in [6, 6.07) is 11.3. The number of hydrogen-bond acceptors (Lipinski definition) is 4. The fraction of sp³-hybridized carbons (Fsp3) is 0.333. The first kappa shape index (κ1) is 20.3. The predicted octanol–water partition coefficient (Wildman–Crippen LogP) is 3.06. The van der Waals surface area contributed by atoms with E-state index in [1.165, 1.54) is 18.2 Å². The van der Waals surface area contributed by atoms with E-state index in [9.17, 15) is 14.0 Å². The van der Waals surface area contributed by atoms with Crippen molar-refractivity contribution in [1.82, 2.24) is 9.80 Å². The van der Waals surface area contributed by atoms with Crippen LogP contribution in [0.1, 0.15) is 15.9 Å². The monoisotopic (exact) mass is 404 g/mol. The van der Waals surface area contributed by atoms with E-state index in [4.69, 9.17) is 16.3 Å². The van der Waals surface area contributed by atoms with Crippen molar-refractivity contribution in [2.24, 2.45) is 0 Å². The lowest BCUT2D eigenvalue weighted by Crippen LogP contribution is -2.50. The Bertz CT molecular complexity index is 821. The fourth-order valence-electron chi connectivity index (χ4n) is 3.13. The zero-order valence-electron chi connectivity index (χ0n) is 15.4. The number of amides is 1. The highest BCUT2D eigenvalue weighted by Crippen LogP contribution is 2.21. The summed E-state index contributed by atoms with van der Waals surface area (Å²) in [4.78, 5) is 27.5. The maximum atomic E-state index is 13.0. The van der Waals surface area contributed by atoms with E-state index in [1.54, 1.807) is 29.2 Å².